The number of fused-ring (bicyclic) bond motifs is 1. The minimum Gasteiger partial charge on any atom is -0.302 e. The number of pyridine rings is 1. The molecule has 4 rings (SSSR count). The number of benzene rings is 1. The molecule has 120 valence electrons. The molecule has 1 aromatic carbocycles. The van der Waals surface area contributed by atoms with Crippen molar-refractivity contribution in [2.75, 3.05) is 0 Å². The lowest BCUT2D eigenvalue weighted by atomic mass is 9.95. The first-order valence-corrected chi connectivity index (χ1v) is 9.16. The maximum atomic E-state index is 9.33. The van der Waals surface area contributed by atoms with Crippen molar-refractivity contribution in [3.63, 3.8) is 0 Å². The van der Waals surface area contributed by atoms with Crippen molar-refractivity contribution in [3.05, 3.63) is 60.2 Å². The summed E-state index contributed by atoms with van der Waals surface area (Å²) in [4.78, 5) is 4.39. The van der Waals surface area contributed by atoms with E-state index in [1.165, 1.54) is 0 Å². The average Bonchev–Trinajstić information content (AvgIpc) is 3.25. The van der Waals surface area contributed by atoms with E-state index in [9.17, 15) is 5.26 Å². The number of nitriles is 1. The molecule has 1 aliphatic carbocycles. The van der Waals surface area contributed by atoms with E-state index in [-0.39, 0.29) is 10.3 Å². The van der Waals surface area contributed by atoms with E-state index in [1.54, 1.807) is 0 Å². The topological polar surface area (TPSA) is 41.1 Å². The standard InChI is InChI=1S/C19H19N3P2/c1-18(23,24)17-21-10-16-7-4-14(11-22(16)17)13-2-5-15(6-3-13)19(12-20)8-9-19/h2-7,10-11H,8-9,23-24H2,1H3. The lowest BCUT2D eigenvalue weighted by molar-refractivity contribution is 0.863. The van der Waals surface area contributed by atoms with E-state index >= 15 is 0 Å². The van der Waals surface area contributed by atoms with Crippen LogP contribution in [0.3, 0.4) is 0 Å². The quantitative estimate of drug-likeness (QED) is 0.653. The summed E-state index contributed by atoms with van der Waals surface area (Å²) in [6, 6.07) is 15.1. The Morgan fingerprint density at radius 2 is 1.79 bits per heavy atom. The van der Waals surface area contributed by atoms with Gasteiger partial charge in [-0.25, -0.2) is 4.98 Å². The molecule has 1 fully saturated rings. The molecule has 2 heterocycles. The van der Waals surface area contributed by atoms with Crippen molar-refractivity contribution in [1.29, 1.82) is 5.26 Å². The van der Waals surface area contributed by atoms with Crippen LogP contribution in [0.15, 0.2) is 48.8 Å². The number of imidazole rings is 1. The van der Waals surface area contributed by atoms with Crippen molar-refractivity contribution in [2.24, 2.45) is 0 Å². The fourth-order valence-electron chi connectivity index (χ4n) is 3.13. The molecule has 24 heavy (non-hydrogen) atoms. The summed E-state index contributed by atoms with van der Waals surface area (Å²) in [6.45, 7) is 2.11. The van der Waals surface area contributed by atoms with Crippen LogP contribution >= 0.6 is 18.5 Å². The van der Waals surface area contributed by atoms with E-state index in [1.807, 2.05) is 6.20 Å². The second kappa shape index (κ2) is 5.38. The van der Waals surface area contributed by atoms with Gasteiger partial charge in [-0.2, -0.15) is 5.26 Å². The van der Waals surface area contributed by atoms with E-state index < -0.39 is 0 Å². The normalized spacial score (nSPS) is 16.1. The number of hydrogen-bond donors (Lipinski definition) is 0. The Kier molecular flexibility index (Phi) is 3.54. The van der Waals surface area contributed by atoms with Gasteiger partial charge in [-0.3, -0.25) is 0 Å². The highest BCUT2D eigenvalue weighted by atomic mass is 31.1. The van der Waals surface area contributed by atoms with E-state index in [0.29, 0.717) is 0 Å². The number of rotatable bonds is 3. The summed E-state index contributed by atoms with van der Waals surface area (Å²) in [7, 11) is 5.64. The van der Waals surface area contributed by atoms with Gasteiger partial charge in [0.2, 0.25) is 0 Å². The van der Waals surface area contributed by atoms with Gasteiger partial charge in [-0.05, 0) is 42.5 Å². The molecule has 5 heteroatoms. The zero-order valence-corrected chi connectivity index (χ0v) is 15.8. The first-order chi connectivity index (χ1) is 11.4. The van der Waals surface area contributed by atoms with Crippen molar-refractivity contribution in [3.8, 4) is 17.2 Å². The molecule has 0 spiro atoms. The Bertz CT molecular complexity index is 955. The summed E-state index contributed by atoms with van der Waals surface area (Å²) in [5.74, 6) is 0.993. The highest BCUT2D eigenvalue weighted by Crippen LogP contribution is 2.47. The second-order valence-corrected chi connectivity index (χ2v) is 9.91. The molecule has 1 saturated carbocycles. The summed E-state index contributed by atoms with van der Waals surface area (Å²) < 4.78 is 2.14. The highest BCUT2D eigenvalue weighted by molar-refractivity contribution is 7.38. The molecule has 2 atom stereocenters. The molecule has 1 aliphatic rings. The first-order valence-electron chi connectivity index (χ1n) is 8.00. The van der Waals surface area contributed by atoms with Crippen LogP contribution in [0.1, 0.15) is 31.2 Å². The van der Waals surface area contributed by atoms with Gasteiger partial charge < -0.3 is 4.40 Å². The smallest absolute Gasteiger partial charge is 0.126 e. The monoisotopic (exact) mass is 351 g/mol. The third-order valence-electron chi connectivity index (χ3n) is 4.74. The number of aromatic nitrogens is 2. The first kappa shape index (κ1) is 15.8. The number of nitrogens with zero attached hydrogens (tertiary/aromatic N) is 3. The Morgan fingerprint density at radius 1 is 1.12 bits per heavy atom. The van der Waals surface area contributed by atoms with E-state index in [4.69, 9.17) is 0 Å². The Labute approximate surface area is 146 Å². The van der Waals surface area contributed by atoms with Gasteiger partial charge in [-0.1, -0.05) is 30.3 Å². The molecule has 0 N–H and O–H groups in total. The van der Waals surface area contributed by atoms with Crippen LogP contribution in [0, 0.1) is 11.3 Å². The van der Waals surface area contributed by atoms with Crippen LogP contribution < -0.4 is 0 Å². The second-order valence-electron chi connectivity index (χ2n) is 6.85. The Balaban J connectivity index is 1.75. The lowest BCUT2D eigenvalue weighted by Crippen LogP contribution is -2.08. The molecular formula is C19H19N3P2. The summed E-state index contributed by atoms with van der Waals surface area (Å²) in [6.07, 6.45) is 6.00. The zero-order chi connectivity index (χ0) is 16.9. The maximum absolute atomic E-state index is 9.33. The summed E-state index contributed by atoms with van der Waals surface area (Å²) >= 11 is 0. The van der Waals surface area contributed by atoms with Crippen LogP contribution in [0.5, 0.6) is 0 Å². The molecule has 0 radical (unpaired) electrons. The van der Waals surface area contributed by atoms with Crippen LogP contribution in [0.25, 0.3) is 16.6 Å². The van der Waals surface area contributed by atoms with Crippen molar-refractivity contribution in [1.82, 2.24) is 9.38 Å². The molecule has 3 nitrogen and oxygen atoms in total. The van der Waals surface area contributed by atoms with Crippen molar-refractivity contribution in [2.45, 2.75) is 30.1 Å². The molecule has 2 unspecified atom stereocenters. The van der Waals surface area contributed by atoms with Gasteiger partial charge in [0, 0.05) is 6.20 Å². The van der Waals surface area contributed by atoms with Crippen LogP contribution in [-0.4, -0.2) is 9.38 Å². The Hall–Kier alpha value is -1.74. The Morgan fingerprint density at radius 3 is 2.38 bits per heavy atom. The highest BCUT2D eigenvalue weighted by Gasteiger charge is 2.44. The summed E-state index contributed by atoms with van der Waals surface area (Å²) in [5.41, 5.74) is 4.31. The van der Waals surface area contributed by atoms with Crippen LogP contribution in [0.4, 0.5) is 0 Å². The third kappa shape index (κ3) is 2.55. The molecular weight excluding hydrogens is 332 g/mol. The molecule has 2 aromatic heterocycles. The third-order valence-corrected chi connectivity index (χ3v) is 5.26. The minimum absolute atomic E-state index is 0.167. The predicted molar refractivity (Wildman–Crippen MR) is 104 cm³/mol. The van der Waals surface area contributed by atoms with Gasteiger partial charge in [0.25, 0.3) is 0 Å². The van der Waals surface area contributed by atoms with E-state index in [0.717, 1.165) is 40.9 Å². The molecule has 0 bridgehead atoms. The minimum atomic E-state index is -0.222. The molecule has 0 aliphatic heterocycles. The fourth-order valence-corrected chi connectivity index (χ4v) is 3.56. The average molecular weight is 351 g/mol. The summed E-state index contributed by atoms with van der Waals surface area (Å²) in [5, 5.41) is 9.33. The van der Waals surface area contributed by atoms with Crippen LogP contribution in [-0.2, 0) is 10.3 Å². The van der Waals surface area contributed by atoms with Gasteiger partial charge in [0.15, 0.2) is 0 Å². The maximum Gasteiger partial charge on any atom is 0.126 e. The van der Waals surface area contributed by atoms with Gasteiger partial charge in [-0.15, -0.1) is 18.5 Å². The van der Waals surface area contributed by atoms with Crippen molar-refractivity contribution >= 4 is 24.0 Å². The lowest BCUT2D eigenvalue weighted by Gasteiger charge is -2.17. The molecule has 3 aromatic rings. The zero-order valence-electron chi connectivity index (χ0n) is 13.5. The van der Waals surface area contributed by atoms with Gasteiger partial charge >= 0.3 is 0 Å². The van der Waals surface area contributed by atoms with Gasteiger partial charge in [0.05, 0.1) is 28.1 Å². The van der Waals surface area contributed by atoms with E-state index in [2.05, 4.69) is 83.5 Å². The fraction of sp³-hybridized carbons (Fsp3) is 0.263. The molecule has 0 saturated heterocycles. The van der Waals surface area contributed by atoms with Crippen molar-refractivity contribution < 1.29 is 0 Å². The largest absolute Gasteiger partial charge is 0.302 e. The van der Waals surface area contributed by atoms with Crippen LogP contribution in [0.2, 0.25) is 0 Å². The number of hydrogen-bond acceptors (Lipinski definition) is 2. The molecule has 0 amide bonds. The SMILES string of the molecule is CC(P)(P)c1ncc2ccc(-c3ccc(C4(C#N)CC4)cc3)cn12. The van der Waals surface area contributed by atoms with Gasteiger partial charge in [0.1, 0.15) is 5.82 Å². The predicted octanol–water partition coefficient (Wildman–Crippen LogP) is 4.48.